The Balaban J connectivity index is 2.93. The second-order valence-corrected chi connectivity index (χ2v) is 1.91. The van der Waals surface area contributed by atoms with Crippen LogP contribution in [0.3, 0.4) is 0 Å². The van der Waals surface area contributed by atoms with Gasteiger partial charge in [-0.05, 0) is 19.7 Å². The normalized spacial score (nSPS) is 13.5. The standard InChI is InChI=1S/C4H11BO3/c1-4(6)2-3-5(7)8/h4,6-8H,2-3H2,1H3/t4-/m0/s1. The number of hydrogen-bond acceptors (Lipinski definition) is 3. The molecule has 0 aliphatic carbocycles. The predicted molar refractivity (Wildman–Crippen MR) is 31.3 cm³/mol. The summed E-state index contributed by atoms with van der Waals surface area (Å²) in [7, 11) is -1.27. The summed E-state index contributed by atoms with van der Waals surface area (Å²) < 4.78 is 0. The lowest BCUT2D eigenvalue weighted by Crippen LogP contribution is -2.13. The van der Waals surface area contributed by atoms with Gasteiger partial charge in [0.1, 0.15) is 0 Å². The lowest BCUT2D eigenvalue weighted by molar-refractivity contribution is 0.187. The Morgan fingerprint density at radius 1 is 1.50 bits per heavy atom. The molecule has 0 radical (unpaired) electrons. The molecule has 8 heavy (non-hydrogen) atoms. The van der Waals surface area contributed by atoms with Crippen molar-refractivity contribution in [1.29, 1.82) is 0 Å². The van der Waals surface area contributed by atoms with Crippen LogP contribution in [-0.4, -0.2) is 28.4 Å². The van der Waals surface area contributed by atoms with Crippen molar-refractivity contribution >= 4 is 7.12 Å². The molecule has 48 valence electrons. The van der Waals surface area contributed by atoms with Gasteiger partial charge in [-0.3, -0.25) is 0 Å². The van der Waals surface area contributed by atoms with Crippen molar-refractivity contribution in [2.45, 2.75) is 25.8 Å². The molecule has 4 heteroatoms. The van der Waals surface area contributed by atoms with Crippen molar-refractivity contribution in [2.75, 3.05) is 0 Å². The number of aliphatic hydroxyl groups excluding tert-OH is 1. The van der Waals surface area contributed by atoms with Gasteiger partial charge >= 0.3 is 7.12 Å². The number of hydrogen-bond donors (Lipinski definition) is 3. The molecular formula is C4H11BO3. The van der Waals surface area contributed by atoms with E-state index in [1.807, 2.05) is 0 Å². The zero-order valence-corrected chi connectivity index (χ0v) is 4.91. The largest absolute Gasteiger partial charge is 0.451 e. The maximum Gasteiger partial charge on any atom is 0.451 e. The first-order valence-electron chi connectivity index (χ1n) is 2.67. The number of aliphatic hydroxyl groups is 1. The van der Waals surface area contributed by atoms with Crippen LogP contribution in [0.4, 0.5) is 0 Å². The van der Waals surface area contributed by atoms with E-state index in [0.717, 1.165) is 0 Å². The van der Waals surface area contributed by atoms with Gasteiger partial charge in [0, 0.05) is 0 Å². The van der Waals surface area contributed by atoms with Crippen LogP contribution >= 0.6 is 0 Å². The van der Waals surface area contributed by atoms with Crippen molar-refractivity contribution < 1.29 is 15.2 Å². The van der Waals surface area contributed by atoms with E-state index in [2.05, 4.69) is 0 Å². The lowest BCUT2D eigenvalue weighted by atomic mass is 9.83. The van der Waals surface area contributed by atoms with Crippen LogP contribution in [0.1, 0.15) is 13.3 Å². The van der Waals surface area contributed by atoms with Gasteiger partial charge in [-0.15, -0.1) is 0 Å². The van der Waals surface area contributed by atoms with Crippen LogP contribution < -0.4 is 0 Å². The van der Waals surface area contributed by atoms with Gasteiger partial charge in [0.15, 0.2) is 0 Å². The summed E-state index contributed by atoms with van der Waals surface area (Å²) in [6.07, 6.45) is 0.256. The van der Waals surface area contributed by atoms with E-state index >= 15 is 0 Å². The fraction of sp³-hybridized carbons (Fsp3) is 1.00. The van der Waals surface area contributed by atoms with E-state index in [9.17, 15) is 0 Å². The van der Waals surface area contributed by atoms with E-state index in [-0.39, 0.29) is 6.32 Å². The molecule has 0 fully saturated rings. The molecule has 0 aliphatic rings. The summed E-state index contributed by atoms with van der Waals surface area (Å²) >= 11 is 0. The van der Waals surface area contributed by atoms with Gasteiger partial charge in [0.25, 0.3) is 0 Å². The third kappa shape index (κ3) is 5.94. The van der Waals surface area contributed by atoms with Crippen molar-refractivity contribution in [3.8, 4) is 0 Å². The van der Waals surface area contributed by atoms with E-state index in [1.165, 1.54) is 0 Å². The Labute approximate surface area is 49.1 Å². The van der Waals surface area contributed by atoms with E-state index in [4.69, 9.17) is 15.2 Å². The van der Waals surface area contributed by atoms with Crippen LogP contribution in [0.5, 0.6) is 0 Å². The molecule has 0 heterocycles. The van der Waals surface area contributed by atoms with E-state index in [1.54, 1.807) is 6.92 Å². The second-order valence-electron chi connectivity index (χ2n) is 1.91. The van der Waals surface area contributed by atoms with Crippen LogP contribution in [0, 0.1) is 0 Å². The third-order valence-corrected chi connectivity index (χ3v) is 0.843. The predicted octanol–water partition coefficient (Wildman–Crippen LogP) is -0.770. The molecule has 3 nitrogen and oxygen atoms in total. The highest BCUT2D eigenvalue weighted by molar-refractivity contribution is 6.40. The fourth-order valence-corrected chi connectivity index (χ4v) is 0.390. The Bertz CT molecular complexity index is 47.2. The highest BCUT2D eigenvalue weighted by Crippen LogP contribution is 1.96. The highest BCUT2D eigenvalue weighted by Gasteiger charge is 2.06. The second kappa shape index (κ2) is 3.89. The quantitative estimate of drug-likeness (QED) is 0.426. The molecule has 0 aromatic rings. The summed E-state index contributed by atoms with van der Waals surface area (Å²) in [5.41, 5.74) is 0. The number of rotatable bonds is 3. The summed E-state index contributed by atoms with van der Waals surface area (Å²) in [6, 6.07) is 0. The highest BCUT2D eigenvalue weighted by atomic mass is 16.4. The van der Waals surface area contributed by atoms with Gasteiger partial charge in [-0.1, -0.05) is 0 Å². The fourth-order valence-electron chi connectivity index (χ4n) is 0.390. The van der Waals surface area contributed by atoms with Crippen molar-refractivity contribution in [3.05, 3.63) is 0 Å². The summed E-state index contributed by atoms with van der Waals surface area (Å²) in [4.78, 5) is 0. The minimum absolute atomic E-state index is 0.248. The van der Waals surface area contributed by atoms with Gasteiger partial charge in [0.05, 0.1) is 6.10 Å². The molecule has 0 saturated heterocycles. The average Bonchev–Trinajstić information content (AvgIpc) is 1.61. The Kier molecular flexibility index (Phi) is 3.86. The molecule has 0 spiro atoms. The monoisotopic (exact) mass is 118 g/mol. The Morgan fingerprint density at radius 2 is 2.00 bits per heavy atom. The summed E-state index contributed by atoms with van der Waals surface area (Å²) in [5, 5.41) is 25.1. The molecule has 0 rings (SSSR count). The van der Waals surface area contributed by atoms with Crippen LogP contribution in [0.25, 0.3) is 0 Å². The molecule has 1 atom stereocenters. The maximum absolute atomic E-state index is 8.58. The van der Waals surface area contributed by atoms with Crippen molar-refractivity contribution in [3.63, 3.8) is 0 Å². The van der Waals surface area contributed by atoms with Gasteiger partial charge in [0.2, 0.25) is 0 Å². The zero-order valence-electron chi connectivity index (χ0n) is 4.91. The molecule has 0 saturated carbocycles. The zero-order chi connectivity index (χ0) is 6.57. The third-order valence-electron chi connectivity index (χ3n) is 0.843. The maximum atomic E-state index is 8.58. The van der Waals surface area contributed by atoms with Crippen LogP contribution in [-0.2, 0) is 0 Å². The van der Waals surface area contributed by atoms with E-state index in [0.29, 0.717) is 6.42 Å². The first-order valence-corrected chi connectivity index (χ1v) is 2.67. The molecule has 0 unspecified atom stereocenters. The smallest absolute Gasteiger partial charge is 0.427 e. The van der Waals surface area contributed by atoms with Gasteiger partial charge in [-0.2, -0.15) is 0 Å². The van der Waals surface area contributed by atoms with Gasteiger partial charge in [-0.25, -0.2) is 0 Å². The summed E-state index contributed by atoms with van der Waals surface area (Å²) in [6.45, 7) is 1.61. The molecule has 0 amide bonds. The van der Waals surface area contributed by atoms with Crippen molar-refractivity contribution in [2.24, 2.45) is 0 Å². The minimum atomic E-state index is -1.27. The van der Waals surface area contributed by atoms with Gasteiger partial charge < -0.3 is 15.2 Å². The first-order chi connectivity index (χ1) is 3.63. The Morgan fingerprint density at radius 3 is 2.12 bits per heavy atom. The van der Waals surface area contributed by atoms with Crippen LogP contribution in [0.2, 0.25) is 6.32 Å². The first kappa shape index (κ1) is 7.94. The lowest BCUT2D eigenvalue weighted by Gasteiger charge is -2.00. The SMILES string of the molecule is C[C@H](O)CCB(O)O. The Hall–Kier alpha value is -0.0551. The topological polar surface area (TPSA) is 60.7 Å². The summed E-state index contributed by atoms with van der Waals surface area (Å²) in [5.74, 6) is 0. The molecule has 0 bridgehead atoms. The van der Waals surface area contributed by atoms with Crippen molar-refractivity contribution in [1.82, 2.24) is 0 Å². The molecule has 0 aliphatic heterocycles. The molecular weight excluding hydrogens is 107 g/mol. The average molecular weight is 118 g/mol. The minimum Gasteiger partial charge on any atom is -0.427 e. The molecule has 3 N–H and O–H groups in total. The van der Waals surface area contributed by atoms with E-state index < -0.39 is 13.2 Å². The molecule has 0 aromatic heterocycles. The molecule has 0 aromatic carbocycles. The van der Waals surface area contributed by atoms with Crippen LogP contribution in [0.15, 0.2) is 0 Å².